The van der Waals surface area contributed by atoms with E-state index < -0.39 is 0 Å². The van der Waals surface area contributed by atoms with Gasteiger partial charge in [0.2, 0.25) is 0 Å². The van der Waals surface area contributed by atoms with Gasteiger partial charge in [-0.05, 0) is 45.4 Å². The molecule has 1 nitrogen and oxygen atoms in total. The van der Waals surface area contributed by atoms with Crippen LogP contribution in [0.1, 0.15) is 35.9 Å². The Morgan fingerprint density at radius 1 is 1.38 bits per heavy atom. The Balaban J connectivity index is 2.53. The van der Waals surface area contributed by atoms with Gasteiger partial charge in [0.05, 0.1) is 0 Å². The summed E-state index contributed by atoms with van der Waals surface area (Å²) in [5, 5.41) is 3.28. The monoisotopic (exact) mass is 197 g/mol. The maximum Gasteiger partial charge on any atom is 0.00768 e. The van der Waals surface area contributed by atoms with Crippen molar-refractivity contribution in [3.63, 3.8) is 0 Å². The van der Waals surface area contributed by atoms with Crippen LogP contribution in [0.4, 0.5) is 0 Å². The summed E-state index contributed by atoms with van der Waals surface area (Å²) in [5.74, 6) is 0.682. The smallest absolute Gasteiger partial charge is 0.00768 e. The van der Waals surface area contributed by atoms with Crippen LogP contribution in [0.15, 0.2) is 12.1 Å². The summed E-state index contributed by atoms with van der Waals surface area (Å²) in [7, 11) is 2.02. The van der Waals surface area contributed by atoms with Crippen LogP contribution in [0.3, 0.4) is 0 Å². The molecule has 0 aliphatic rings. The predicted molar refractivity (Wildman–Crippen MR) is 60.6 cm³/mol. The lowest BCUT2D eigenvalue weighted by Gasteiger charge is -2.15. The summed E-state index contributed by atoms with van der Waals surface area (Å²) < 4.78 is 0. The molecule has 0 amide bonds. The Morgan fingerprint density at radius 2 is 2.08 bits per heavy atom. The van der Waals surface area contributed by atoms with E-state index in [2.05, 4.69) is 38.2 Å². The standard InChI is InChI=1S/C11H19NS/c1-8(7-9(2)12-4)11-6-5-10(3)13-11/h5-6,8-9,12H,7H2,1-4H3. The Hall–Kier alpha value is -0.340. The fraction of sp³-hybridized carbons (Fsp3) is 0.636. The molecule has 0 aromatic carbocycles. The molecule has 0 radical (unpaired) electrons. The van der Waals surface area contributed by atoms with Crippen molar-refractivity contribution in [1.82, 2.24) is 5.32 Å². The number of rotatable bonds is 4. The molecule has 2 unspecified atom stereocenters. The average molecular weight is 197 g/mol. The van der Waals surface area contributed by atoms with Crippen LogP contribution in [0.5, 0.6) is 0 Å². The molecule has 0 fully saturated rings. The van der Waals surface area contributed by atoms with Gasteiger partial charge in [0.1, 0.15) is 0 Å². The van der Waals surface area contributed by atoms with E-state index in [-0.39, 0.29) is 0 Å². The van der Waals surface area contributed by atoms with Gasteiger partial charge in [0, 0.05) is 15.8 Å². The Bertz CT molecular complexity index is 254. The van der Waals surface area contributed by atoms with Crippen LogP contribution in [0, 0.1) is 6.92 Å². The third kappa shape index (κ3) is 3.12. The molecule has 0 aliphatic carbocycles. The van der Waals surface area contributed by atoms with Crippen molar-refractivity contribution in [1.29, 1.82) is 0 Å². The van der Waals surface area contributed by atoms with E-state index in [1.54, 1.807) is 0 Å². The Kier molecular flexibility index (Phi) is 3.94. The molecule has 0 saturated carbocycles. The van der Waals surface area contributed by atoms with E-state index in [0.717, 1.165) is 0 Å². The second-order valence-electron chi connectivity index (χ2n) is 3.77. The molecule has 1 heterocycles. The van der Waals surface area contributed by atoms with Gasteiger partial charge in [0.15, 0.2) is 0 Å². The van der Waals surface area contributed by atoms with Crippen LogP contribution >= 0.6 is 11.3 Å². The second kappa shape index (κ2) is 4.77. The van der Waals surface area contributed by atoms with Gasteiger partial charge in [0.25, 0.3) is 0 Å². The topological polar surface area (TPSA) is 12.0 Å². The number of aryl methyl sites for hydroxylation is 1. The molecule has 2 heteroatoms. The molecular formula is C11H19NS. The van der Waals surface area contributed by atoms with E-state index in [0.29, 0.717) is 12.0 Å². The molecule has 13 heavy (non-hydrogen) atoms. The van der Waals surface area contributed by atoms with Crippen molar-refractivity contribution in [2.75, 3.05) is 7.05 Å². The molecule has 0 saturated heterocycles. The molecule has 1 aromatic heterocycles. The van der Waals surface area contributed by atoms with Crippen LogP contribution < -0.4 is 5.32 Å². The van der Waals surface area contributed by atoms with Crippen molar-refractivity contribution >= 4 is 11.3 Å². The van der Waals surface area contributed by atoms with Crippen LogP contribution in [-0.2, 0) is 0 Å². The van der Waals surface area contributed by atoms with E-state index >= 15 is 0 Å². The summed E-state index contributed by atoms with van der Waals surface area (Å²) in [6, 6.07) is 5.07. The van der Waals surface area contributed by atoms with Crippen molar-refractivity contribution in [2.45, 2.75) is 39.2 Å². The highest BCUT2D eigenvalue weighted by Crippen LogP contribution is 2.27. The minimum Gasteiger partial charge on any atom is -0.317 e. The quantitative estimate of drug-likeness (QED) is 0.782. The Labute approximate surface area is 85.2 Å². The predicted octanol–water partition coefficient (Wildman–Crippen LogP) is 3.16. The second-order valence-corrected chi connectivity index (χ2v) is 5.09. The molecule has 1 rings (SSSR count). The highest BCUT2D eigenvalue weighted by atomic mass is 32.1. The van der Waals surface area contributed by atoms with Gasteiger partial charge in [-0.1, -0.05) is 6.92 Å². The summed E-state index contributed by atoms with van der Waals surface area (Å²) in [6.45, 7) is 6.71. The molecule has 1 N–H and O–H groups in total. The first-order valence-corrected chi connectivity index (χ1v) is 5.68. The molecule has 0 aliphatic heterocycles. The molecule has 74 valence electrons. The van der Waals surface area contributed by atoms with Crippen molar-refractivity contribution in [2.24, 2.45) is 0 Å². The number of thiophene rings is 1. The maximum atomic E-state index is 3.28. The Morgan fingerprint density at radius 3 is 2.54 bits per heavy atom. The van der Waals surface area contributed by atoms with Gasteiger partial charge in [-0.15, -0.1) is 11.3 Å². The van der Waals surface area contributed by atoms with Crippen LogP contribution in [0.25, 0.3) is 0 Å². The third-order valence-corrected chi connectivity index (χ3v) is 3.68. The number of hydrogen-bond donors (Lipinski definition) is 1. The summed E-state index contributed by atoms with van der Waals surface area (Å²) in [4.78, 5) is 2.93. The zero-order chi connectivity index (χ0) is 9.84. The first-order chi connectivity index (χ1) is 6.13. The van der Waals surface area contributed by atoms with Gasteiger partial charge in [-0.2, -0.15) is 0 Å². The third-order valence-electron chi connectivity index (χ3n) is 2.45. The largest absolute Gasteiger partial charge is 0.317 e. The van der Waals surface area contributed by atoms with Gasteiger partial charge < -0.3 is 5.32 Å². The highest BCUT2D eigenvalue weighted by Gasteiger charge is 2.10. The first kappa shape index (κ1) is 10.7. The van der Waals surface area contributed by atoms with Gasteiger partial charge in [-0.3, -0.25) is 0 Å². The average Bonchev–Trinajstić information content (AvgIpc) is 2.51. The van der Waals surface area contributed by atoms with Crippen LogP contribution in [0.2, 0.25) is 0 Å². The highest BCUT2D eigenvalue weighted by molar-refractivity contribution is 7.12. The fourth-order valence-corrected chi connectivity index (χ4v) is 2.42. The van der Waals surface area contributed by atoms with Crippen molar-refractivity contribution in [3.05, 3.63) is 21.9 Å². The van der Waals surface area contributed by atoms with Crippen molar-refractivity contribution < 1.29 is 0 Å². The van der Waals surface area contributed by atoms with Crippen LogP contribution in [-0.4, -0.2) is 13.1 Å². The first-order valence-electron chi connectivity index (χ1n) is 4.87. The van der Waals surface area contributed by atoms with Crippen molar-refractivity contribution in [3.8, 4) is 0 Å². The van der Waals surface area contributed by atoms with Gasteiger partial charge >= 0.3 is 0 Å². The molecular weight excluding hydrogens is 178 g/mol. The van der Waals surface area contributed by atoms with Gasteiger partial charge in [-0.25, -0.2) is 0 Å². The lowest BCUT2D eigenvalue weighted by molar-refractivity contribution is 0.520. The molecule has 0 bridgehead atoms. The van der Waals surface area contributed by atoms with E-state index in [1.807, 2.05) is 18.4 Å². The summed E-state index contributed by atoms with van der Waals surface area (Å²) in [5.41, 5.74) is 0. The molecule has 2 atom stereocenters. The summed E-state index contributed by atoms with van der Waals surface area (Å²) >= 11 is 1.92. The fourth-order valence-electron chi connectivity index (χ4n) is 1.48. The van der Waals surface area contributed by atoms with E-state index in [4.69, 9.17) is 0 Å². The minimum absolute atomic E-state index is 0.609. The maximum absolute atomic E-state index is 3.28. The lowest BCUT2D eigenvalue weighted by atomic mass is 10.0. The zero-order valence-electron chi connectivity index (χ0n) is 8.92. The SMILES string of the molecule is CNC(C)CC(C)c1ccc(C)s1. The normalized spacial score (nSPS) is 15.7. The minimum atomic E-state index is 0.609. The number of nitrogens with one attached hydrogen (secondary N) is 1. The van der Waals surface area contributed by atoms with E-state index in [1.165, 1.54) is 16.2 Å². The summed E-state index contributed by atoms with van der Waals surface area (Å²) in [6.07, 6.45) is 1.22. The molecule has 1 aromatic rings. The zero-order valence-corrected chi connectivity index (χ0v) is 9.74. The lowest BCUT2D eigenvalue weighted by Crippen LogP contribution is -2.22. The van der Waals surface area contributed by atoms with E-state index in [9.17, 15) is 0 Å². The molecule has 0 spiro atoms. The number of hydrogen-bond acceptors (Lipinski definition) is 2.